The summed E-state index contributed by atoms with van der Waals surface area (Å²) in [7, 11) is 1.42. The Balaban J connectivity index is 1.91. The van der Waals surface area contributed by atoms with Gasteiger partial charge < -0.3 is 19.9 Å². The maximum Gasteiger partial charge on any atom is 0.263 e. The first-order chi connectivity index (χ1) is 13.8. The third-order valence-electron chi connectivity index (χ3n) is 4.82. The monoisotopic (exact) mass is 401 g/mol. The maximum atomic E-state index is 13.5. The Hall–Kier alpha value is -3.00. The molecule has 0 unspecified atom stereocenters. The summed E-state index contributed by atoms with van der Waals surface area (Å²) in [6, 6.07) is 5.74. The molecule has 0 saturated heterocycles. The molecule has 2 amide bonds. The van der Waals surface area contributed by atoms with Crippen molar-refractivity contribution in [1.29, 1.82) is 0 Å². The summed E-state index contributed by atoms with van der Waals surface area (Å²) in [5, 5.41) is 5.27. The van der Waals surface area contributed by atoms with E-state index in [-0.39, 0.29) is 41.5 Å². The van der Waals surface area contributed by atoms with Gasteiger partial charge >= 0.3 is 0 Å². The van der Waals surface area contributed by atoms with Crippen LogP contribution < -0.4 is 16.2 Å². The molecule has 0 spiro atoms. The number of nitrogens with zero attached hydrogens (tertiary/aromatic N) is 1. The van der Waals surface area contributed by atoms with E-state index < -0.39 is 11.5 Å². The number of carbonyl (C=O) groups is 2. The van der Waals surface area contributed by atoms with Gasteiger partial charge in [0.05, 0.1) is 24.3 Å². The Morgan fingerprint density at radius 2 is 2.03 bits per heavy atom. The molecule has 7 nitrogen and oxygen atoms in total. The number of pyridine rings is 1. The van der Waals surface area contributed by atoms with E-state index in [1.807, 2.05) is 6.92 Å². The van der Waals surface area contributed by atoms with E-state index in [0.717, 1.165) is 6.42 Å². The van der Waals surface area contributed by atoms with Crippen LogP contribution in [0.3, 0.4) is 0 Å². The summed E-state index contributed by atoms with van der Waals surface area (Å²) in [6.07, 6.45) is 2.15. The van der Waals surface area contributed by atoms with E-state index in [0.29, 0.717) is 17.7 Å². The number of ether oxygens (including phenoxy) is 1. The lowest BCUT2D eigenvalue weighted by molar-refractivity contribution is 0.0914. The number of benzene rings is 1. The van der Waals surface area contributed by atoms with Crippen molar-refractivity contribution in [3.8, 4) is 0 Å². The minimum atomic E-state index is -0.577. The van der Waals surface area contributed by atoms with E-state index in [2.05, 4.69) is 10.6 Å². The lowest BCUT2D eigenvalue weighted by Gasteiger charge is -2.12. The normalized spacial score (nSPS) is 17.7. The van der Waals surface area contributed by atoms with Crippen LogP contribution in [0.1, 0.15) is 45.2 Å². The highest BCUT2D eigenvalue weighted by Gasteiger charge is 2.39. The topological polar surface area (TPSA) is 89.4 Å². The zero-order valence-corrected chi connectivity index (χ0v) is 16.6. The zero-order chi connectivity index (χ0) is 21.1. The molecule has 2 N–H and O–H groups in total. The van der Waals surface area contributed by atoms with Crippen molar-refractivity contribution in [1.82, 2.24) is 15.2 Å². The predicted molar refractivity (Wildman–Crippen MR) is 106 cm³/mol. The van der Waals surface area contributed by atoms with Gasteiger partial charge in [0.1, 0.15) is 11.4 Å². The summed E-state index contributed by atoms with van der Waals surface area (Å²) in [6.45, 7) is 4.20. The number of hydrogen-bond acceptors (Lipinski definition) is 4. The highest BCUT2D eigenvalue weighted by Crippen LogP contribution is 2.25. The summed E-state index contributed by atoms with van der Waals surface area (Å²) < 4.78 is 20.3. The fourth-order valence-corrected chi connectivity index (χ4v) is 3.15. The third kappa shape index (κ3) is 4.71. The zero-order valence-electron chi connectivity index (χ0n) is 16.6. The van der Waals surface area contributed by atoms with Crippen LogP contribution in [0.25, 0.3) is 0 Å². The summed E-state index contributed by atoms with van der Waals surface area (Å²) in [4.78, 5) is 37.6. The summed E-state index contributed by atoms with van der Waals surface area (Å²) >= 11 is 0. The molecule has 1 aliphatic carbocycles. The van der Waals surface area contributed by atoms with Crippen molar-refractivity contribution < 1.29 is 18.7 Å². The van der Waals surface area contributed by atoms with Gasteiger partial charge in [0.25, 0.3) is 17.4 Å². The molecule has 0 bridgehead atoms. The fourth-order valence-electron chi connectivity index (χ4n) is 3.15. The highest BCUT2D eigenvalue weighted by molar-refractivity contribution is 5.99. The van der Waals surface area contributed by atoms with Crippen LogP contribution in [0.4, 0.5) is 4.39 Å². The van der Waals surface area contributed by atoms with Crippen LogP contribution >= 0.6 is 0 Å². The van der Waals surface area contributed by atoms with Gasteiger partial charge in [0, 0.05) is 19.9 Å². The van der Waals surface area contributed by atoms with Crippen molar-refractivity contribution in [3.63, 3.8) is 0 Å². The molecular weight excluding hydrogens is 377 g/mol. The minimum Gasteiger partial charge on any atom is -0.376 e. The van der Waals surface area contributed by atoms with Crippen molar-refractivity contribution in [2.75, 3.05) is 13.7 Å². The summed E-state index contributed by atoms with van der Waals surface area (Å²) in [5.41, 5.74) is 0.679. The van der Waals surface area contributed by atoms with Crippen LogP contribution in [0, 0.1) is 12.7 Å². The Kier molecular flexibility index (Phi) is 6.12. The first-order valence-electron chi connectivity index (χ1n) is 9.48. The number of aromatic nitrogens is 1. The summed E-state index contributed by atoms with van der Waals surface area (Å²) in [5.74, 6) is -1.30. The molecule has 154 valence electrons. The second kappa shape index (κ2) is 8.57. The van der Waals surface area contributed by atoms with Crippen LogP contribution in [0.5, 0.6) is 0 Å². The van der Waals surface area contributed by atoms with Gasteiger partial charge in [-0.2, -0.15) is 0 Å². The molecule has 29 heavy (non-hydrogen) atoms. The Morgan fingerprint density at radius 3 is 2.69 bits per heavy atom. The van der Waals surface area contributed by atoms with E-state index in [9.17, 15) is 18.8 Å². The number of nitrogens with one attached hydrogen (secondary N) is 2. The van der Waals surface area contributed by atoms with Gasteiger partial charge in [-0.25, -0.2) is 4.39 Å². The van der Waals surface area contributed by atoms with Gasteiger partial charge in [-0.05, 0) is 43.5 Å². The Labute approximate surface area is 167 Å². The average molecular weight is 401 g/mol. The molecule has 1 saturated carbocycles. The van der Waals surface area contributed by atoms with Crippen molar-refractivity contribution in [3.05, 3.63) is 68.9 Å². The lowest BCUT2D eigenvalue weighted by atomic mass is 10.1. The fraction of sp³-hybridized carbons (Fsp3) is 0.381. The molecule has 1 aromatic heterocycles. The Bertz CT molecular complexity index is 1000. The number of rotatable bonds is 7. The molecule has 8 heteroatoms. The van der Waals surface area contributed by atoms with E-state index in [1.54, 1.807) is 19.1 Å². The second-order valence-electron chi connectivity index (χ2n) is 7.05. The van der Waals surface area contributed by atoms with Gasteiger partial charge in [-0.1, -0.05) is 12.1 Å². The van der Waals surface area contributed by atoms with E-state index >= 15 is 0 Å². The van der Waals surface area contributed by atoms with Gasteiger partial charge in [-0.3, -0.25) is 14.4 Å². The highest BCUT2D eigenvalue weighted by atomic mass is 19.1. The van der Waals surface area contributed by atoms with Crippen molar-refractivity contribution in [2.24, 2.45) is 0 Å². The first-order valence-corrected chi connectivity index (χ1v) is 9.48. The lowest BCUT2D eigenvalue weighted by Crippen LogP contribution is -2.35. The second-order valence-corrected chi connectivity index (χ2v) is 7.05. The van der Waals surface area contributed by atoms with Crippen molar-refractivity contribution >= 4 is 11.8 Å². The molecule has 1 aliphatic rings. The molecule has 0 radical (unpaired) electrons. The van der Waals surface area contributed by atoms with Gasteiger partial charge in [-0.15, -0.1) is 0 Å². The molecule has 3 rings (SSSR count). The number of aryl methyl sites for hydroxylation is 1. The van der Waals surface area contributed by atoms with Crippen LogP contribution in [0.15, 0.2) is 35.3 Å². The smallest absolute Gasteiger partial charge is 0.263 e. The number of carbonyl (C=O) groups excluding carboxylic acids is 2. The van der Waals surface area contributed by atoms with E-state index in [4.69, 9.17) is 4.74 Å². The SMILES string of the molecule is CCO[C@@H]1C[C@H]1NC(=O)c1cc(C(=O)NC)c(=O)n(Cc2ccc(F)c(C)c2)c1. The van der Waals surface area contributed by atoms with Crippen LogP contribution in [-0.2, 0) is 11.3 Å². The molecule has 1 fully saturated rings. The van der Waals surface area contributed by atoms with Gasteiger partial charge in [0.15, 0.2) is 0 Å². The molecule has 2 aromatic rings. The molecular formula is C21H24FN3O4. The largest absolute Gasteiger partial charge is 0.376 e. The number of hydrogen-bond donors (Lipinski definition) is 2. The first kappa shape index (κ1) is 20.7. The third-order valence-corrected chi connectivity index (χ3v) is 4.82. The van der Waals surface area contributed by atoms with Crippen LogP contribution in [-0.4, -0.2) is 42.2 Å². The quantitative estimate of drug-likeness (QED) is 0.738. The molecule has 1 aromatic carbocycles. The van der Waals surface area contributed by atoms with Gasteiger partial charge in [0.2, 0.25) is 0 Å². The van der Waals surface area contributed by atoms with E-state index in [1.165, 1.54) is 29.9 Å². The Morgan fingerprint density at radius 1 is 1.28 bits per heavy atom. The standard InChI is InChI=1S/C21H24FN3O4/c1-4-29-18-9-17(18)24-19(26)14-8-15(20(27)23-3)21(28)25(11-14)10-13-5-6-16(22)12(2)7-13/h5-8,11,17-18H,4,9-10H2,1-3H3,(H,23,27)(H,24,26)/t17-,18-/m1/s1. The molecule has 1 heterocycles. The van der Waals surface area contributed by atoms with Crippen LogP contribution in [0.2, 0.25) is 0 Å². The number of halogens is 1. The van der Waals surface area contributed by atoms with Crippen molar-refractivity contribution in [2.45, 2.75) is 39.0 Å². The minimum absolute atomic E-state index is 0.00421. The number of amides is 2. The molecule has 0 aliphatic heterocycles. The molecule has 2 atom stereocenters. The average Bonchev–Trinajstić information content (AvgIpc) is 3.43. The maximum absolute atomic E-state index is 13.5. The predicted octanol–water partition coefficient (Wildman–Crippen LogP) is 1.61.